The van der Waals surface area contributed by atoms with E-state index in [-0.39, 0.29) is 0 Å². The van der Waals surface area contributed by atoms with E-state index in [1.807, 2.05) is 6.07 Å². The van der Waals surface area contributed by atoms with Gasteiger partial charge in [-0.15, -0.1) is 0 Å². The molecule has 2 N–H and O–H groups in total. The molecule has 1 atom stereocenters. The molecular weight excluding hydrogens is 334 g/mol. The van der Waals surface area contributed by atoms with Crippen LogP contribution in [0.4, 0.5) is 11.8 Å². The van der Waals surface area contributed by atoms with Crippen LogP contribution >= 0.6 is 12.2 Å². The molecule has 1 aliphatic heterocycles. The number of anilines is 2. The summed E-state index contributed by atoms with van der Waals surface area (Å²) in [7, 11) is 1.63. The first kappa shape index (κ1) is 18.2. The summed E-state index contributed by atoms with van der Waals surface area (Å²) in [6, 6.07) is 2.36. The predicted octanol–water partition coefficient (Wildman–Crippen LogP) is 3.34. The van der Waals surface area contributed by atoms with Gasteiger partial charge >= 0.3 is 0 Å². The highest BCUT2D eigenvalue weighted by Crippen LogP contribution is 2.25. The van der Waals surface area contributed by atoms with Crippen molar-refractivity contribution in [2.45, 2.75) is 57.9 Å². The van der Waals surface area contributed by atoms with Crippen LogP contribution in [0.5, 0.6) is 5.88 Å². The van der Waals surface area contributed by atoms with E-state index < -0.39 is 0 Å². The number of hydrogen-bond acceptors (Lipinski definition) is 5. The molecular formula is C18H29N5OS. The first-order valence-corrected chi connectivity index (χ1v) is 9.80. The molecule has 0 bridgehead atoms. The zero-order chi connectivity index (χ0) is 17.6. The molecule has 6 nitrogen and oxygen atoms in total. The fraction of sp³-hybridized carbons (Fsp3) is 0.722. The summed E-state index contributed by atoms with van der Waals surface area (Å²) in [5, 5.41) is 7.14. The lowest BCUT2D eigenvalue weighted by Crippen LogP contribution is -2.39. The Morgan fingerprint density at radius 3 is 2.72 bits per heavy atom. The molecule has 0 radical (unpaired) electrons. The fourth-order valence-corrected chi connectivity index (χ4v) is 3.96. The highest BCUT2D eigenvalue weighted by atomic mass is 32.1. The topological polar surface area (TPSA) is 62.3 Å². The minimum absolute atomic E-state index is 0.460. The van der Waals surface area contributed by atoms with E-state index in [1.165, 1.54) is 44.9 Å². The third kappa shape index (κ3) is 5.17. The minimum atomic E-state index is 0.460. The molecule has 7 heteroatoms. The highest BCUT2D eigenvalue weighted by Gasteiger charge is 2.20. The van der Waals surface area contributed by atoms with Crippen molar-refractivity contribution >= 4 is 29.1 Å². The number of nitrogens with zero attached hydrogens (tertiary/aromatic N) is 3. The van der Waals surface area contributed by atoms with Crippen molar-refractivity contribution in [3.8, 4) is 5.88 Å². The first-order valence-electron chi connectivity index (χ1n) is 9.39. The Balaban J connectivity index is 1.67. The Labute approximate surface area is 155 Å². The number of thiocarbonyl (C=S) groups is 1. The normalized spacial score (nSPS) is 21.7. The second-order valence-electron chi connectivity index (χ2n) is 7.22. The number of methoxy groups -OCH3 is 1. The lowest BCUT2D eigenvalue weighted by Gasteiger charge is -2.32. The number of nitrogens with one attached hydrogen (secondary N) is 2. The van der Waals surface area contributed by atoms with Gasteiger partial charge in [0.2, 0.25) is 11.8 Å². The average molecular weight is 364 g/mol. The lowest BCUT2D eigenvalue weighted by atomic mass is 9.96. The van der Waals surface area contributed by atoms with Crippen molar-refractivity contribution in [1.29, 1.82) is 0 Å². The third-order valence-electron chi connectivity index (χ3n) is 5.04. The van der Waals surface area contributed by atoms with Crippen LogP contribution in [0.3, 0.4) is 0 Å². The molecule has 0 amide bonds. The minimum Gasteiger partial charge on any atom is -0.481 e. The van der Waals surface area contributed by atoms with E-state index in [4.69, 9.17) is 17.0 Å². The largest absolute Gasteiger partial charge is 0.481 e. The Morgan fingerprint density at radius 2 is 2.00 bits per heavy atom. The lowest BCUT2D eigenvalue weighted by molar-refractivity contribution is 0.396. The molecule has 1 saturated carbocycles. The average Bonchev–Trinajstić information content (AvgIpc) is 2.62. The van der Waals surface area contributed by atoms with Gasteiger partial charge in [-0.25, -0.2) is 0 Å². The van der Waals surface area contributed by atoms with Crippen LogP contribution in [-0.2, 0) is 0 Å². The summed E-state index contributed by atoms with van der Waals surface area (Å²) in [4.78, 5) is 11.4. The second kappa shape index (κ2) is 8.65. The molecule has 2 aliphatic rings. The van der Waals surface area contributed by atoms with Crippen LogP contribution in [-0.4, -0.2) is 41.3 Å². The van der Waals surface area contributed by atoms with E-state index in [1.54, 1.807) is 7.11 Å². The second-order valence-corrected chi connectivity index (χ2v) is 7.63. The quantitative estimate of drug-likeness (QED) is 0.796. The smallest absolute Gasteiger partial charge is 0.234 e. The molecule has 2 heterocycles. The van der Waals surface area contributed by atoms with Gasteiger partial charge in [0.25, 0.3) is 0 Å². The van der Waals surface area contributed by atoms with Gasteiger partial charge < -0.3 is 20.3 Å². The predicted molar refractivity (Wildman–Crippen MR) is 105 cm³/mol. The van der Waals surface area contributed by atoms with E-state index in [9.17, 15) is 0 Å². The monoisotopic (exact) mass is 363 g/mol. The van der Waals surface area contributed by atoms with Crippen molar-refractivity contribution < 1.29 is 4.74 Å². The van der Waals surface area contributed by atoms with E-state index in [0.717, 1.165) is 18.9 Å². The van der Waals surface area contributed by atoms with Crippen molar-refractivity contribution in [2.75, 3.05) is 30.4 Å². The first-order chi connectivity index (χ1) is 12.1. The van der Waals surface area contributed by atoms with Gasteiger partial charge in [-0.3, -0.25) is 0 Å². The van der Waals surface area contributed by atoms with Gasteiger partial charge in [-0.05, 0) is 43.8 Å². The summed E-state index contributed by atoms with van der Waals surface area (Å²) in [6.45, 7) is 4.33. The van der Waals surface area contributed by atoms with Crippen molar-refractivity contribution in [2.24, 2.45) is 5.92 Å². The molecule has 0 unspecified atom stereocenters. The van der Waals surface area contributed by atoms with Crippen molar-refractivity contribution in [3.05, 3.63) is 6.07 Å². The summed E-state index contributed by atoms with van der Waals surface area (Å²) in [5.74, 6) is 2.65. The maximum Gasteiger partial charge on any atom is 0.234 e. The van der Waals surface area contributed by atoms with Crippen LogP contribution in [0, 0.1) is 5.92 Å². The highest BCUT2D eigenvalue weighted by molar-refractivity contribution is 7.80. The molecule has 25 heavy (non-hydrogen) atoms. The number of rotatable bonds is 4. The summed E-state index contributed by atoms with van der Waals surface area (Å²) in [6.07, 6.45) is 8.70. The zero-order valence-electron chi connectivity index (χ0n) is 15.3. The standard InChI is InChI=1S/C18H29N5OS/c1-13-7-6-10-23(12-13)15-11-16(24-2)21-17(20-15)22-18(25)19-14-8-4-3-5-9-14/h11,13-14H,3-10,12H2,1-2H3,(H2,19,20,21,22,25)/t13-/m0/s1. The SMILES string of the molecule is COc1cc(N2CCC[C@H](C)C2)nc(NC(=S)NC2CCCCC2)n1. The molecule has 1 aliphatic carbocycles. The van der Waals surface area contributed by atoms with Gasteiger partial charge in [0.05, 0.1) is 7.11 Å². The van der Waals surface area contributed by atoms with E-state index >= 15 is 0 Å². The molecule has 1 saturated heterocycles. The van der Waals surface area contributed by atoms with Crippen LogP contribution in [0.25, 0.3) is 0 Å². The molecule has 2 fully saturated rings. The number of aromatic nitrogens is 2. The van der Waals surface area contributed by atoms with Crippen LogP contribution in [0.1, 0.15) is 51.9 Å². The number of hydrogen-bond donors (Lipinski definition) is 2. The molecule has 1 aromatic heterocycles. The zero-order valence-corrected chi connectivity index (χ0v) is 16.1. The fourth-order valence-electron chi connectivity index (χ4n) is 3.70. The van der Waals surface area contributed by atoms with Gasteiger partial charge in [0.1, 0.15) is 5.82 Å². The molecule has 0 spiro atoms. The Bertz CT molecular complexity index is 591. The Kier molecular flexibility index (Phi) is 6.29. The maximum absolute atomic E-state index is 5.46. The van der Waals surface area contributed by atoms with Gasteiger partial charge in [0.15, 0.2) is 5.11 Å². The van der Waals surface area contributed by atoms with Gasteiger partial charge in [-0.2, -0.15) is 9.97 Å². The Morgan fingerprint density at radius 1 is 1.20 bits per heavy atom. The van der Waals surface area contributed by atoms with E-state index in [0.29, 0.717) is 28.9 Å². The Hall–Kier alpha value is -1.63. The molecule has 3 rings (SSSR count). The van der Waals surface area contributed by atoms with Crippen molar-refractivity contribution in [1.82, 2.24) is 15.3 Å². The molecule has 0 aromatic carbocycles. The summed E-state index contributed by atoms with van der Waals surface area (Å²) in [5.41, 5.74) is 0. The number of ether oxygens (including phenoxy) is 1. The van der Waals surface area contributed by atoms with Crippen LogP contribution < -0.4 is 20.3 Å². The summed E-state index contributed by atoms with van der Waals surface area (Å²) >= 11 is 5.46. The van der Waals surface area contributed by atoms with E-state index in [2.05, 4.69) is 32.4 Å². The summed E-state index contributed by atoms with van der Waals surface area (Å²) < 4.78 is 5.36. The molecule has 1 aromatic rings. The van der Waals surface area contributed by atoms with Gasteiger partial charge in [0, 0.05) is 25.2 Å². The van der Waals surface area contributed by atoms with Gasteiger partial charge in [-0.1, -0.05) is 26.2 Å². The number of piperidine rings is 1. The molecule has 138 valence electrons. The van der Waals surface area contributed by atoms with Crippen LogP contribution in [0.2, 0.25) is 0 Å². The third-order valence-corrected chi connectivity index (χ3v) is 5.26. The van der Waals surface area contributed by atoms with Crippen molar-refractivity contribution in [3.63, 3.8) is 0 Å². The maximum atomic E-state index is 5.46. The van der Waals surface area contributed by atoms with Crippen LogP contribution in [0.15, 0.2) is 6.07 Å².